The van der Waals surface area contributed by atoms with Crippen LogP contribution in [0.4, 0.5) is 5.69 Å². The molecule has 136 valence electrons. The number of halogens is 2. The third-order valence-electron chi connectivity index (χ3n) is 4.18. The lowest BCUT2D eigenvalue weighted by Crippen LogP contribution is -2.24. The van der Waals surface area contributed by atoms with Crippen molar-refractivity contribution in [3.63, 3.8) is 0 Å². The van der Waals surface area contributed by atoms with Crippen LogP contribution in [-0.2, 0) is 13.1 Å². The van der Waals surface area contributed by atoms with Crippen molar-refractivity contribution in [1.82, 2.24) is 9.88 Å². The lowest BCUT2D eigenvalue weighted by Gasteiger charge is -2.15. The van der Waals surface area contributed by atoms with Gasteiger partial charge in [-0.1, -0.05) is 23.7 Å². The number of carbonyl (C=O) groups is 2. The zero-order valence-corrected chi connectivity index (χ0v) is 17.6. The molecule has 8 heteroatoms. The van der Waals surface area contributed by atoms with E-state index in [1.165, 1.54) is 11.3 Å². The molecule has 2 aromatic heterocycles. The number of aromatic nitrogens is 1. The molecule has 1 aromatic carbocycles. The van der Waals surface area contributed by atoms with E-state index in [9.17, 15) is 9.59 Å². The van der Waals surface area contributed by atoms with Crippen molar-refractivity contribution in [2.24, 2.45) is 0 Å². The summed E-state index contributed by atoms with van der Waals surface area (Å²) in [6.07, 6.45) is 1.61. The number of benzene rings is 1. The lowest BCUT2D eigenvalue weighted by atomic mass is 10.2. The first-order valence-corrected chi connectivity index (χ1v) is 10.4. The summed E-state index contributed by atoms with van der Waals surface area (Å²) < 4.78 is 1.66. The summed E-state index contributed by atoms with van der Waals surface area (Å²) in [7, 11) is 0. The van der Waals surface area contributed by atoms with Gasteiger partial charge < -0.3 is 10.2 Å². The van der Waals surface area contributed by atoms with Gasteiger partial charge in [0.15, 0.2) is 0 Å². The van der Waals surface area contributed by atoms with Gasteiger partial charge >= 0.3 is 0 Å². The van der Waals surface area contributed by atoms with Gasteiger partial charge in [0.2, 0.25) is 0 Å². The van der Waals surface area contributed by atoms with E-state index in [-0.39, 0.29) is 11.8 Å². The summed E-state index contributed by atoms with van der Waals surface area (Å²) in [5.41, 5.74) is 2.67. The molecule has 0 radical (unpaired) electrons. The monoisotopic (exact) mass is 509 g/mol. The zero-order valence-electron chi connectivity index (χ0n) is 13.9. The minimum atomic E-state index is -0.288. The minimum Gasteiger partial charge on any atom is -0.328 e. The van der Waals surface area contributed by atoms with Gasteiger partial charge in [0.1, 0.15) is 0 Å². The first kappa shape index (κ1) is 18.4. The molecule has 5 nitrogen and oxygen atoms in total. The number of hydrogen-bond acceptors (Lipinski definition) is 4. The van der Waals surface area contributed by atoms with Gasteiger partial charge in [-0.15, -0.1) is 11.3 Å². The van der Waals surface area contributed by atoms with E-state index in [0.717, 1.165) is 9.13 Å². The van der Waals surface area contributed by atoms with Gasteiger partial charge in [-0.3, -0.25) is 14.6 Å². The van der Waals surface area contributed by atoms with Gasteiger partial charge in [0.05, 0.1) is 32.7 Å². The molecule has 3 heterocycles. The fraction of sp³-hybridized carbons (Fsp3) is 0.105. The standard InChI is InChI=1S/C19H13ClIN3O2S/c20-16-5-4-15(27-16)18(25)23-13-6-7-22-14-10-24(19(26)17(13)14)9-11-2-1-3-12(21)8-11/h1-8H,9-10H2,(H,22,23,25). The van der Waals surface area contributed by atoms with Crippen LogP contribution in [0.25, 0.3) is 0 Å². The molecular weight excluding hydrogens is 497 g/mol. The Balaban J connectivity index is 1.57. The molecule has 0 atom stereocenters. The van der Waals surface area contributed by atoms with Crippen LogP contribution in [0.3, 0.4) is 0 Å². The third-order valence-corrected chi connectivity index (χ3v) is 6.08. The lowest BCUT2D eigenvalue weighted by molar-refractivity contribution is 0.0767. The molecule has 2 amide bonds. The van der Waals surface area contributed by atoms with Gasteiger partial charge in [-0.05, 0) is 58.5 Å². The average molecular weight is 510 g/mol. The highest BCUT2D eigenvalue weighted by atomic mass is 127. The second-order valence-corrected chi connectivity index (χ2v) is 8.99. The molecular formula is C19H13ClIN3O2S. The maximum absolute atomic E-state index is 12.9. The molecule has 0 spiro atoms. The molecule has 3 aromatic rings. The number of thiophene rings is 1. The summed E-state index contributed by atoms with van der Waals surface area (Å²) in [5, 5.41) is 2.82. The third kappa shape index (κ3) is 3.85. The number of rotatable bonds is 4. The summed E-state index contributed by atoms with van der Waals surface area (Å²) >= 11 is 9.34. The highest BCUT2D eigenvalue weighted by molar-refractivity contribution is 14.1. The minimum absolute atomic E-state index is 0.128. The maximum atomic E-state index is 12.9. The molecule has 1 aliphatic rings. The number of nitrogens with one attached hydrogen (secondary N) is 1. The highest BCUT2D eigenvalue weighted by Gasteiger charge is 2.31. The van der Waals surface area contributed by atoms with Crippen LogP contribution in [0.15, 0.2) is 48.7 Å². The second kappa shape index (κ2) is 7.57. The van der Waals surface area contributed by atoms with Crippen molar-refractivity contribution in [2.75, 3.05) is 5.32 Å². The van der Waals surface area contributed by atoms with Crippen LogP contribution >= 0.6 is 45.5 Å². The number of pyridine rings is 1. The predicted molar refractivity (Wildman–Crippen MR) is 114 cm³/mol. The van der Waals surface area contributed by atoms with Gasteiger partial charge in [0, 0.05) is 16.3 Å². The Morgan fingerprint density at radius 2 is 2.15 bits per heavy atom. The van der Waals surface area contributed by atoms with Gasteiger partial charge in [-0.25, -0.2) is 0 Å². The van der Waals surface area contributed by atoms with E-state index in [1.807, 2.05) is 24.3 Å². The Hall–Kier alpha value is -1.97. The van der Waals surface area contributed by atoms with Crippen LogP contribution in [-0.4, -0.2) is 21.7 Å². The molecule has 0 bridgehead atoms. The highest BCUT2D eigenvalue weighted by Crippen LogP contribution is 2.30. The maximum Gasteiger partial charge on any atom is 0.265 e. The van der Waals surface area contributed by atoms with Crippen molar-refractivity contribution in [2.45, 2.75) is 13.1 Å². The van der Waals surface area contributed by atoms with E-state index >= 15 is 0 Å². The molecule has 4 rings (SSSR count). The molecule has 27 heavy (non-hydrogen) atoms. The predicted octanol–water partition coefficient (Wildman–Crippen LogP) is 4.81. The molecule has 0 unspecified atom stereocenters. The topological polar surface area (TPSA) is 62.3 Å². The summed E-state index contributed by atoms with van der Waals surface area (Å²) in [5.74, 6) is -0.416. The number of hydrogen-bond donors (Lipinski definition) is 1. The Morgan fingerprint density at radius 1 is 1.30 bits per heavy atom. The largest absolute Gasteiger partial charge is 0.328 e. The van der Waals surface area contributed by atoms with E-state index in [1.54, 1.807) is 29.3 Å². The van der Waals surface area contributed by atoms with Crippen LogP contribution in [0.1, 0.15) is 31.3 Å². The van der Waals surface area contributed by atoms with E-state index in [2.05, 4.69) is 32.9 Å². The molecule has 0 aliphatic carbocycles. The normalized spacial score (nSPS) is 13.0. The molecule has 1 N–H and O–H groups in total. The van der Waals surface area contributed by atoms with Crippen molar-refractivity contribution in [3.8, 4) is 0 Å². The summed E-state index contributed by atoms with van der Waals surface area (Å²) in [6.45, 7) is 0.925. The molecule has 0 saturated heterocycles. The molecule has 0 saturated carbocycles. The summed E-state index contributed by atoms with van der Waals surface area (Å²) in [6, 6.07) is 13.0. The van der Waals surface area contributed by atoms with E-state index in [0.29, 0.717) is 39.2 Å². The van der Waals surface area contributed by atoms with Crippen molar-refractivity contribution >= 4 is 63.0 Å². The van der Waals surface area contributed by atoms with Crippen molar-refractivity contribution in [3.05, 3.63) is 78.3 Å². The molecule has 1 aliphatic heterocycles. The first-order chi connectivity index (χ1) is 13.0. The van der Waals surface area contributed by atoms with E-state index < -0.39 is 0 Å². The second-order valence-electron chi connectivity index (χ2n) is 6.03. The quantitative estimate of drug-likeness (QED) is 0.514. The fourth-order valence-electron chi connectivity index (χ4n) is 2.98. The number of fused-ring (bicyclic) bond motifs is 1. The van der Waals surface area contributed by atoms with Crippen LogP contribution in [0.5, 0.6) is 0 Å². The SMILES string of the molecule is O=C(Nc1ccnc2c1C(=O)N(Cc1cccc(I)c1)C2)c1ccc(Cl)s1. The van der Waals surface area contributed by atoms with Crippen molar-refractivity contribution < 1.29 is 9.59 Å². The molecule has 0 fully saturated rings. The Kier molecular flexibility index (Phi) is 5.16. The van der Waals surface area contributed by atoms with Gasteiger partial charge in [0.25, 0.3) is 11.8 Å². The average Bonchev–Trinajstić information content (AvgIpc) is 3.20. The van der Waals surface area contributed by atoms with Gasteiger partial charge in [-0.2, -0.15) is 0 Å². The fourth-order valence-corrected chi connectivity index (χ4v) is 4.53. The van der Waals surface area contributed by atoms with Crippen LogP contribution in [0.2, 0.25) is 4.34 Å². The Bertz CT molecular complexity index is 1050. The number of anilines is 1. The number of amides is 2. The van der Waals surface area contributed by atoms with Crippen LogP contribution in [0, 0.1) is 3.57 Å². The van der Waals surface area contributed by atoms with Crippen LogP contribution < -0.4 is 5.32 Å². The smallest absolute Gasteiger partial charge is 0.265 e. The summed E-state index contributed by atoms with van der Waals surface area (Å²) in [4.78, 5) is 31.9. The van der Waals surface area contributed by atoms with E-state index in [4.69, 9.17) is 11.6 Å². The number of nitrogens with zero attached hydrogens (tertiary/aromatic N) is 2. The Morgan fingerprint density at radius 3 is 2.89 bits per heavy atom. The zero-order chi connectivity index (χ0) is 19.0. The van der Waals surface area contributed by atoms with Crippen molar-refractivity contribution in [1.29, 1.82) is 0 Å². The number of carbonyl (C=O) groups excluding carboxylic acids is 2. The Labute approximate surface area is 178 Å². The first-order valence-electron chi connectivity index (χ1n) is 8.09.